The molecule has 2 rings (SSSR count). The number of anilines is 1. The van der Waals surface area contributed by atoms with Crippen LogP contribution in [0.1, 0.15) is 16.1 Å². The molecule has 0 fully saturated rings. The van der Waals surface area contributed by atoms with Crippen LogP contribution in [-0.2, 0) is 16.6 Å². The summed E-state index contributed by atoms with van der Waals surface area (Å²) in [4.78, 5) is 12.9. The van der Waals surface area contributed by atoms with E-state index >= 15 is 0 Å². The molecule has 0 amide bonds. The quantitative estimate of drug-likeness (QED) is 0.656. The molecule has 7 nitrogen and oxygen atoms in total. The number of aromatic nitrogens is 1. The summed E-state index contributed by atoms with van der Waals surface area (Å²) in [6.45, 7) is -0.205. The first-order chi connectivity index (χ1) is 9.42. The number of aliphatic hydroxyl groups is 1. The molecule has 1 aromatic heterocycles. The highest BCUT2D eigenvalue weighted by Crippen LogP contribution is 2.18. The van der Waals surface area contributed by atoms with E-state index in [1.165, 1.54) is 12.1 Å². The molecule has 4 N–H and O–H groups in total. The van der Waals surface area contributed by atoms with Gasteiger partial charge in [0.1, 0.15) is 10.6 Å². The minimum absolute atomic E-state index is 0.177. The maximum Gasteiger partial charge on any atom is 0.352 e. The van der Waals surface area contributed by atoms with Crippen molar-refractivity contribution in [3.8, 4) is 0 Å². The molecule has 0 unspecified atom stereocenters. The summed E-state index contributed by atoms with van der Waals surface area (Å²) in [6.07, 6.45) is 1.10. The van der Waals surface area contributed by atoms with Crippen LogP contribution >= 0.6 is 0 Å². The Morgan fingerprint density at radius 1 is 1.30 bits per heavy atom. The molecular weight excluding hydrogens is 284 g/mol. The summed E-state index contributed by atoms with van der Waals surface area (Å²) in [5.74, 6) is -1.24. The second kappa shape index (κ2) is 5.35. The molecule has 0 aliphatic carbocycles. The molecule has 106 valence electrons. The Labute approximate surface area is 114 Å². The third-order valence-corrected chi connectivity index (χ3v) is 3.92. The van der Waals surface area contributed by atoms with Gasteiger partial charge in [-0.25, -0.2) is 13.2 Å². The van der Waals surface area contributed by atoms with Gasteiger partial charge in [0.25, 0.3) is 10.0 Å². The number of carboxylic acids is 1. The molecule has 0 aliphatic heterocycles. The van der Waals surface area contributed by atoms with Gasteiger partial charge in [0.05, 0.1) is 6.61 Å². The lowest BCUT2D eigenvalue weighted by atomic mass is 10.2. The van der Waals surface area contributed by atoms with Crippen molar-refractivity contribution in [1.29, 1.82) is 0 Å². The molecule has 2 aromatic rings. The smallest absolute Gasteiger partial charge is 0.352 e. The minimum Gasteiger partial charge on any atom is -0.477 e. The second-order valence-electron chi connectivity index (χ2n) is 4.02. The Hall–Kier alpha value is -2.32. The van der Waals surface area contributed by atoms with E-state index in [0.29, 0.717) is 5.56 Å². The van der Waals surface area contributed by atoms with Gasteiger partial charge in [-0.05, 0) is 23.8 Å². The summed E-state index contributed by atoms with van der Waals surface area (Å²) in [6, 6.07) is 7.30. The standard InChI is InChI=1S/C12H12N2O5S/c15-7-8-2-1-3-9(4-8)14-20(18,19)10-5-11(12(16)17)13-6-10/h1-6,13-15H,7H2,(H,16,17). The van der Waals surface area contributed by atoms with Crippen LogP contribution in [0.4, 0.5) is 5.69 Å². The van der Waals surface area contributed by atoms with Crippen LogP contribution in [0.15, 0.2) is 41.4 Å². The van der Waals surface area contributed by atoms with Crippen molar-refractivity contribution in [3.05, 3.63) is 47.8 Å². The molecule has 1 aromatic carbocycles. The number of rotatable bonds is 5. The third-order valence-electron chi connectivity index (χ3n) is 2.56. The molecule has 0 saturated carbocycles. The highest BCUT2D eigenvalue weighted by Gasteiger charge is 2.18. The van der Waals surface area contributed by atoms with Crippen molar-refractivity contribution in [2.24, 2.45) is 0 Å². The Bertz CT molecular complexity index is 736. The van der Waals surface area contributed by atoms with E-state index in [0.717, 1.165) is 12.3 Å². The van der Waals surface area contributed by atoms with Gasteiger partial charge in [-0.2, -0.15) is 0 Å². The number of carboxylic acid groups (broad SMARTS) is 1. The van der Waals surface area contributed by atoms with Crippen LogP contribution in [0.2, 0.25) is 0 Å². The van der Waals surface area contributed by atoms with Crippen molar-refractivity contribution in [1.82, 2.24) is 4.98 Å². The Kier molecular flexibility index (Phi) is 3.77. The number of aromatic amines is 1. The number of aromatic carboxylic acids is 1. The average molecular weight is 296 g/mol. The van der Waals surface area contributed by atoms with Gasteiger partial charge in [0, 0.05) is 11.9 Å². The van der Waals surface area contributed by atoms with Crippen LogP contribution < -0.4 is 4.72 Å². The zero-order valence-electron chi connectivity index (χ0n) is 10.2. The largest absolute Gasteiger partial charge is 0.477 e. The summed E-state index contributed by atoms with van der Waals surface area (Å²) < 4.78 is 26.4. The van der Waals surface area contributed by atoms with Crippen molar-refractivity contribution in [2.75, 3.05) is 4.72 Å². The van der Waals surface area contributed by atoms with Crippen LogP contribution in [-0.4, -0.2) is 29.6 Å². The molecule has 0 atom stereocenters. The first-order valence-electron chi connectivity index (χ1n) is 5.57. The fraction of sp³-hybridized carbons (Fsp3) is 0.0833. The summed E-state index contributed by atoms with van der Waals surface area (Å²) >= 11 is 0. The topological polar surface area (TPSA) is 119 Å². The third kappa shape index (κ3) is 2.98. The van der Waals surface area contributed by atoms with E-state index < -0.39 is 16.0 Å². The molecule has 20 heavy (non-hydrogen) atoms. The summed E-state index contributed by atoms with van der Waals surface area (Å²) in [5.41, 5.74) is 0.634. The zero-order chi connectivity index (χ0) is 14.8. The minimum atomic E-state index is -3.88. The lowest BCUT2D eigenvalue weighted by Crippen LogP contribution is -2.12. The highest BCUT2D eigenvalue weighted by atomic mass is 32.2. The lowest BCUT2D eigenvalue weighted by molar-refractivity contribution is 0.0691. The number of hydrogen-bond acceptors (Lipinski definition) is 4. The van der Waals surface area contributed by atoms with Gasteiger partial charge in [0.15, 0.2) is 0 Å². The molecular formula is C12H12N2O5S. The van der Waals surface area contributed by atoms with Crippen molar-refractivity contribution in [2.45, 2.75) is 11.5 Å². The van der Waals surface area contributed by atoms with E-state index in [9.17, 15) is 13.2 Å². The van der Waals surface area contributed by atoms with Gasteiger partial charge in [0.2, 0.25) is 0 Å². The SMILES string of the molecule is O=C(O)c1cc(S(=O)(=O)Nc2cccc(CO)c2)c[nH]1. The number of sulfonamides is 1. The number of H-pyrrole nitrogens is 1. The lowest BCUT2D eigenvalue weighted by Gasteiger charge is -2.07. The predicted octanol–water partition coefficient (Wildman–Crippen LogP) is 1.01. The average Bonchev–Trinajstić information content (AvgIpc) is 2.89. The first-order valence-corrected chi connectivity index (χ1v) is 7.05. The Morgan fingerprint density at radius 3 is 2.65 bits per heavy atom. The molecule has 0 saturated heterocycles. The summed E-state index contributed by atoms with van der Waals surface area (Å²) in [7, 11) is -3.88. The molecule has 0 spiro atoms. The fourth-order valence-corrected chi connectivity index (χ4v) is 2.64. The van der Waals surface area contributed by atoms with Gasteiger partial charge >= 0.3 is 5.97 Å². The molecule has 0 radical (unpaired) electrons. The van der Waals surface area contributed by atoms with E-state index in [2.05, 4.69) is 9.71 Å². The fourth-order valence-electron chi connectivity index (χ4n) is 1.60. The highest BCUT2D eigenvalue weighted by molar-refractivity contribution is 7.92. The van der Waals surface area contributed by atoms with Crippen LogP contribution in [0.5, 0.6) is 0 Å². The molecule has 8 heteroatoms. The first kappa shape index (κ1) is 14.1. The van der Waals surface area contributed by atoms with Crippen molar-refractivity contribution < 1.29 is 23.4 Å². The van der Waals surface area contributed by atoms with Gasteiger partial charge in [-0.15, -0.1) is 0 Å². The Balaban J connectivity index is 2.27. The maximum absolute atomic E-state index is 12.1. The summed E-state index contributed by atoms with van der Waals surface area (Å²) in [5, 5.41) is 17.7. The van der Waals surface area contributed by atoms with E-state index in [-0.39, 0.29) is 22.9 Å². The van der Waals surface area contributed by atoms with Gasteiger partial charge in [-0.3, -0.25) is 4.72 Å². The van der Waals surface area contributed by atoms with Crippen molar-refractivity contribution in [3.63, 3.8) is 0 Å². The number of aliphatic hydroxyl groups excluding tert-OH is 1. The zero-order valence-corrected chi connectivity index (χ0v) is 11.0. The molecule has 1 heterocycles. The van der Waals surface area contributed by atoms with E-state index in [1.807, 2.05) is 0 Å². The van der Waals surface area contributed by atoms with Crippen LogP contribution in [0.3, 0.4) is 0 Å². The number of benzene rings is 1. The number of carbonyl (C=O) groups is 1. The maximum atomic E-state index is 12.1. The normalized spacial score (nSPS) is 11.2. The van der Waals surface area contributed by atoms with Gasteiger partial charge in [-0.1, -0.05) is 12.1 Å². The van der Waals surface area contributed by atoms with Crippen LogP contribution in [0.25, 0.3) is 0 Å². The van der Waals surface area contributed by atoms with Gasteiger partial charge < -0.3 is 15.2 Å². The van der Waals surface area contributed by atoms with Crippen molar-refractivity contribution >= 4 is 21.7 Å². The van der Waals surface area contributed by atoms with Crippen LogP contribution in [0, 0.1) is 0 Å². The Morgan fingerprint density at radius 2 is 2.05 bits per heavy atom. The number of hydrogen-bond donors (Lipinski definition) is 4. The second-order valence-corrected chi connectivity index (χ2v) is 5.70. The number of nitrogens with one attached hydrogen (secondary N) is 2. The van der Waals surface area contributed by atoms with E-state index in [1.54, 1.807) is 12.1 Å². The van der Waals surface area contributed by atoms with E-state index in [4.69, 9.17) is 10.2 Å². The monoisotopic (exact) mass is 296 g/mol. The predicted molar refractivity (Wildman–Crippen MR) is 70.9 cm³/mol. The molecule has 0 bridgehead atoms. The molecule has 0 aliphatic rings.